The van der Waals surface area contributed by atoms with Crippen LogP contribution in [-0.4, -0.2) is 21.7 Å². The lowest BCUT2D eigenvalue weighted by Gasteiger charge is -2.03. The van der Waals surface area contributed by atoms with Crippen molar-refractivity contribution in [2.75, 3.05) is 12.4 Å². The molecule has 2 nitrogen and oxygen atoms in total. The molecule has 0 saturated heterocycles. The highest BCUT2D eigenvalue weighted by molar-refractivity contribution is 9.10. The second-order valence-corrected chi connectivity index (χ2v) is 5.65. The number of aliphatic hydroxyl groups excluding tert-OH is 1. The highest BCUT2D eigenvalue weighted by Gasteiger charge is 2.05. The van der Waals surface area contributed by atoms with Gasteiger partial charge in [0.25, 0.3) is 0 Å². The van der Waals surface area contributed by atoms with Crippen molar-refractivity contribution in [3.63, 3.8) is 0 Å². The molecule has 0 aromatic heterocycles. The van der Waals surface area contributed by atoms with Crippen molar-refractivity contribution in [1.29, 1.82) is 0 Å². The molecule has 78 valence electrons. The zero-order chi connectivity index (χ0) is 10.6. The van der Waals surface area contributed by atoms with Crippen LogP contribution in [0, 0.1) is 0 Å². The Kier molecular flexibility index (Phi) is 5.09. The summed E-state index contributed by atoms with van der Waals surface area (Å²) >= 11 is 9.24. The maximum atomic E-state index is 11.3. The highest BCUT2D eigenvalue weighted by atomic mass is 79.9. The molecule has 1 aromatic rings. The van der Waals surface area contributed by atoms with E-state index in [0.717, 1.165) is 10.0 Å². The molecular weight excluding hydrogens is 288 g/mol. The van der Waals surface area contributed by atoms with Crippen LogP contribution in [0.2, 0.25) is 5.02 Å². The predicted molar refractivity (Wildman–Crippen MR) is 63.0 cm³/mol. The van der Waals surface area contributed by atoms with E-state index in [4.69, 9.17) is 16.7 Å². The average Bonchev–Trinajstić information content (AvgIpc) is 2.10. The maximum absolute atomic E-state index is 11.3. The number of hydrogen-bond donors (Lipinski definition) is 1. The topological polar surface area (TPSA) is 37.3 Å². The third kappa shape index (κ3) is 3.69. The van der Waals surface area contributed by atoms with Crippen LogP contribution in [0.1, 0.15) is 5.56 Å². The summed E-state index contributed by atoms with van der Waals surface area (Å²) in [7, 11) is -1.04. The van der Waals surface area contributed by atoms with E-state index in [1.54, 1.807) is 6.07 Å². The quantitative estimate of drug-likeness (QED) is 0.926. The molecule has 1 N–H and O–H groups in total. The second kappa shape index (κ2) is 5.85. The van der Waals surface area contributed by atoms with Gasteiger partial charge in [0.05, 0.1) is 12.4 Å². The van der Waals surface area contributed by atoms with Crippen LogP contribution in [0.25, 0.3) is 0 Å². The van der Waals surface area contributed by atoms with Crippen molar-refractivity contribution in [3.8, 4) is 0 Å². The summed E-state index contributed by atoms with van der Waals surface area (Å²) in [4.78, 5) is 0. The molecule has 14 heavy (non-hydrogen) atoms. The Morgan fingerprint density at radius 3 is 2.79 bits per heavy atom. The summed E-state index contributed by atoms with van der Waals surface area (Å²) in [6.07, 6.45) is 0. The van der Waals surface area contributed by atoms with E-state index in [-0.39, 0.29) is 6.61 Å². The lowest BCUT2D eigenvalue weighted by atomic mass is 10.2. The van der Waals surface area contributed by atoms with Gasteiger partial charge in [0.1, 0.15) is 0 Å². The molecule has 0 aliphatic carbocycles. The van der Waals surface area contributed by atoms with Gasteiger partial charge >= 0.3 is 0 Å². The molecule has 0 saturated carbocycles. The van der Waals surface area contributed by atoms with Crippen LogP contribution in [0.3, 0.4) is 0 Å². The van der Waals surface area contributed by atoms with E-state index >= 15 is 0 Å². The lowest BCUT2D eigenvalue weighted by molar-refractivity contribution is 0.321. The zero-order valence-corrected chi connectivity index (χ0v) is 10.5. The molecule has 0 aliphatic heterocycles. The Bertz CT molecular complexity index is 344. The molecule has 0 radical (unpaired) electrons. The molecule has 1 atom stereocenters. The van der Waals surface area contributed by atoms with Gasteiger partial charge in [-0.1, -0.05) is 33.6 Å². The Morgan fingerprint density at radius 1 is 1.50 bits per heavy atom. The summed E-state index contributed by atoms with van der Waals surface area (Å²) in [6, 6.07) is 5.46. The summed E-state index contributed by atoms with van der Waals surface area (Å²) in [5, 5.41) is 9.20. The molecular formula is C9H10BrClO2S. The number of rotatable bonds is 4. The van der Waals surface area contributed by atoms with Crippen molar-refractivity contribution in [1.82, 2.24) is 0 Å². The predicted octanol–water partition coefficient (Wildman–Crippen LogP) is 2.34. The summed E-state index contributed by atoms with van der Waals surface area (Å²) in [5.41, 5.74) is 0.849. The van der Waals surface area contributed by atoms with E-state index < -0.39 is 10.8 Å². The van der Waals surface area contributed by atoms with Gasteiger partial charge in [0.15, 0.2) is 0 Å². The number of halogens is 2. The van der Waals surface area contributed by atoms with Crippen LogP contribution in [-0.2, 0) is 16.6 Å². The fourth-order valence-corrected chi connectivity index (χ4v) is 2.75. The first-order valence-electron chi connectivity index (χ1n) is 4.03. The molecule has 0 bridgehead atoms. The zero-order valence-electron chi connectivity index (χ0n) is 7.37. The SMILES string of the molecule is O=S(CCO)Cc1ccc(Br)cc1Cl. The lowest BCUT2D eigenvalue weighted by Crippen LogP contribution is -2.04. The molecule has 1 aromatic carbocycles. The van der Waals surface area contributed by atoms with Crippen molar-refractivity contribution in [3.05, 3.63) is 33.3 Å². The van der Waals surface area contributed by atoms with Crippen LogP contribution in [0.5, 0.6) is 0 Å². The molecule has 0 fully saturated rings. The number of aliphatic hydroxyl groups is 1. The first-order chi connectivity index (χ1) is 6.63. The van der Waals surface area contributed by atoms with Crippen molar-refractivity contribution >= 4 is 38.3 Å². The molecule has 0 aliphatic rings. The van der Waals surface area contributed by atoms with Crippen molar-refractivity contribution in [2.24, 2.45) is 0 Å². The molecule has 0 heterocycles. The minimum absolute atomic E-state index is 0.0548. The minimum atomic E-state index is -1.04. The fourth-order valence-electron chi connectivity index (χ4n) is 0.986. The highest BCUT2D eigenvalue weighted by Crippen LogP contribution is 2.22. The van der Waals surface area contributed by atoms with Crippen LogP contribution in [0.15, 0.2) is 22.7 Å². The van der Waals surface area contributed by atoms with Gasteiger partial charge < -0.3 is 5.11 Å². The Hall–Kier alpha value is 0.1000. The third-order valence-corrected chi connectivity index (χ3v) is 3.77. The summed E-state index contributed by atoms with van der Waals surface area (Å²) in [6.45, 7) is -0.0548. The van der Waals surface area contributed by atoms with Gasteiger partial charge in [-0.15, -0.1) is 0 Å². The van der Waals surface area contributed by atoms with Crippen molar-refractivity contribution in [2.45, 2.75) is 5.75 Å². The molecule has 0 amide bonds. The number of hydrogen-bond acceptors (Lipinski definition) is 2. The average molecular weight is 298 g/mol. The maximum Gasteiger partial charge on any atom is 0.0546 e. The minimum Gasteiger partial charge on any atom is -0.395 e. The van der Waals surface area contributed by atoms with Gasteiger partial charge in [-0.3, -0.25) is 4.21 Å². The monoisotopic (exact) mass is 296 g/mol. The largest absolute Gasteiger partial charge is 0.395 e. The standard InChI is InChI=1S/C9H10BrClO2S/c10-8-2-1-7(9(11)5-8)6-14(13)4-3-12/h1-2,5,12H,3-4,6H2. The fraction of sp³-hybridized carbons (Fsp3) is 0.333. The van der Waals surface area contributed by atoms with Gasteiger partial charge in [-0.2, -0.15) is 0 Å². The summed E-state index contributed by atoms with van der Waals surface area (Å²) < 4.78 is 12.2. The van der Waals surface area contributed by atoms with E-state index in [9.17, 15) is 4.21 Å². The molecule has 1 unspecified atom stereocenters. The Morgan fingerprint density at radius 2 is 2.21 bits per heavy atom. The Labute approximate surface area is 98.9 Å². The molecule has 0 spiro atoms. The van der Waals surface area contributed by atoms with Gasteiger partial charge in [-0.25, -0.2) is 0 Å². The number of benzene rings is 1. The van der Waals surface area contributed by atoms with Crippen LogP contribution in [0.4, 0.5) is 0 Å². The molecule has 5 heteroatoms. The third-order valence-electron chi connectivity index (χ3n) is 1.65. The van der Waals surface area contributed by atoms with Gasteiger partial charge in [-0.05, 0) is 17.7 Å². The van der Waals surface area contributed by atoms with Crippen LogP contribution >= 0.6 is 27.5 Å². The van der Waals surface area contributed by atoms with E-state index in [2.05, 4.69) is 15.9 Å². The summed E-state index contributed by atoms with van der Waals surface area (Å²) in [5.74, 6) is 0.694. The smallest absolute Gasteiger partial charge is 0.0546 e. The first-order valence-corrected chi connectivity index (χ1v) is 6.69. The normalized spacial score (nSPS) is 12.8. The first kappa shape index (κ1) is 12.2. The second-order valence-electron chi connectivity index (χ2n) is 2.75. The van der Waals surface area contributed by atoms with Gasteiger partial charge in [0, 0.05) is 26.0 Å². The van der Waals surface area contributed by atoms with E-state index in [1.807, 2.05) is 12.1 Å². The Balaban J connectivity index is 2.72. The van der Waals surface area contributed by atoms with E-state index in [0.29, 0.717) is 16.5 Å². The van der Waals surface area contributed by atoms with Crippen LogP contribution < -0.4 is 0 Å². The molecule has 1 rings (SSSR count). The van der Waals surface area contributed by atoms with E-state index in [1.165, 1.54) is 0 Å². The van der Waals surface area contributed by atoms with Crippen molar-refractivity contribution < 1.29 is 9.32 Å². The van der Waals surface area contributed by atoms with Gasteiger partial charge in [0.2, 0.25) is 0 Å².